The van der Waals surface area contributed by atoms with E-state index in [0.717, 1.165) is 50.0 Å². The number of thiophene rings is 1. The molecule has 0 amide bonds. The van der Waals surface area contributed by atoms with Crippen LogP contribution in [0.1, 0.15) is 0 Å². The number of aromatic nitrogens is 4. The molecule has 238 valence electrons. The molecule has 10 aromatic rings. The van der Waals surface area contributed by atoms with Crippen molar-refractivity contribution in [1.29, 1.82) is 0 Å². The number of hydrogen-bond acceptors (Lipinski definition) is 5. The molecule has 3 aromatic heterocycles. The molecular weight excluding hydrogens is 641 g/mol. The van der Waals surface area contributed by atoms with E-state index in [4.69, 9.17) is 19.9 Å². The molecule has 4 nitrogen and oxygen atoms in total. The Hall–Kier alpha value is -6.56. The first kappa shape index (κ1) is 29.4. The first-order valence-electron chi connectivity index (χ1n) is 17.0. The minimum absolute atomic E-state index is 0.633. The molecular formula is C46H28N4S. The summed E-state index contributed by atoms with van der Waals surface area (Å²) in [4.78, 5) is 20.4. The molecule has 0 aliphatic rings. The van der Waals surface area contributed by atoms with Crippen molar-refractivity contribution in [2.24, 2.45) is 0 Å². The van der Waals surface area contributed by atoms with E-state index in [9.17, 15) is 0 Å². The van der Waals surface area contributed by atoms with Crippen molar-refractivity contribution in [3.05, 3.63) is 170 Å². The van der Waals surface area contributed by atoms with Crippen molar-refractivity contribution in [2.75, 3.05) is 0 Å². The third kappa shape index (κ3) is 5.06. The van der Waals surface area contributed by atoms with Gasteiger partial charge in [0.25, 0.3) is 0 Å². The fourth-order valence-electron chi connectivity index (χ4n) is 7.14. The van der Waals surface area contributed by atoms with E-state index in [2.05, 4.69) is 109 Å². The average Bonchev–Trinajstić information content (AvgIpc) is 3.61. The van der Waals surface area contributed by atoms with E-state index >= 15 is 0 Å². The van der Waals surface area contributed by atoms with Crippen LogP contribution in [0.5, 0.6) is 0 Å². The summed E-state index contributed by atoms with van der Waals surface area (Å²) in [6, 6.07) is 59.0. The van der Waals surface area contributed by atoms with Gasteiger partial charge in [0.1, 0.15) is 0 Å². The Morgan fingerprint density at radius 3 is 1.69 bits per heavy atom. The van der Waals surface area contributed by atoms with E-state index in [1.165, 1.54) is 30.9 Å². The van der Waals surface area contributed by atoms with Gasteiger partial charge in [-0.25, -0.2) is 19.9 Å². The molecule has 0 bridgehead atoms. The Labute approximate surface area is 298 Å². The van der Waals surface area contributed by atoms with Gasteiger partial charge in [-0.3, -0.25) is 0 Å². The Bertz CT molecular complexity index is 2850. The summed E-state index contributed by atoms with van der Waals surface area (Å²) in [5.74, 6) is 1.92. The topological polar surface area (TPSA) is 51.6 Å². The van der Waals surface area contributed by atoms with Crippen LogP contribution in [0.15, 0.2) is 170 Å². The average molecular weight is 669 g/mol. The summed E-state index contributed by atoms with van der Waals surface area (Å²) in [5, 5.41) is 5.99. The van der Waals surface area contributed by atoms with Gasteiger partial charge in [-0.15, -0.1) is 11.3 Å². The minimum atomic E-state index is 0.633. The van der Waals surface area contributed by atoms with E-state index in [1.807, 2.05) is 72.0 Å². The second-order valence-corrected chi connectivity index (χ2v) is 13.7. The predicted octanol–water partition coefficient (Wildman–Crippen LogP) is 12.3. The quantitative estimate of drug-likeness (QED) is 0.183. The first-order chi connectivity index (χ1) is 25.3. The van der Waals surface area contributed by atoms with Gasteiger partial charge < -0.3 is 0 Å². The maximum absolute atomic E-state index is 5.48. The van der Waals surface area contributed by atoms with Crippen LogP contribution in [0.25, 0.3) is 98.4 Å². The van der Waals surface area contributed by atoms with E-state index in [0.29, 0.717) is 17.5 Å². The van der Waals surface area contributed by atoms with Crippen molar-refractivity contribution < 1.29 is 0 Å². The SMILES string of the molecule is c1ccc(-c2nc(-c3ccccc3)nc(-c3cccc(-c4cccc5nc(-c6cccc7ccccc67)c6c7ccccc7sc6c45)c3)n2)cc1. The summed E-state index contributed by atoms with van der Waals surface area (Å²) < 4.78 is 2.49. The lowest BCUT2D eigenvalue weighted by atomic mass is 9.94. The smallest absolute Gasteiger partial charge is 0.164 e. The molecule has 0 saturated heterocycles. The van der Waals surface area contributed by atoms with Crippen molar-refractivity contribution in [2.45, 2.75) is 0 Å². The molecule has 0 spiro atoms. The molecule has 0 N–H and O–H groups in total. The van der Waals surface area contributed by atoms with Gasteiger partial charge in [0.05, 0.1) is 11.2 Å². The van der Waals surface area contributed by atoms with E-state index < -0.39 is 0 Å². The van der Waals surface area contributed by atoms with Gasteiger partial charge in [0, 0.05) is 47.8 Å². The van der Waals surface area contributed by atoms with Crippen molar-refractivity contribution in [1.82, 2.24) is 19.9 Å². The maximum Gasteiger partial charge on any atom is 0.164 e. The number of pyridine rings is 1. The molecule has 51 heavy (non-hydrogen) atoms. The molecule has 0 unspecified atom stereocenters. The highest BCUT2D eigenvalue weighted by atomic mass is 32.1. The highest BCUT2D eigenvalue weighted by molar-refractivity contribution is 7.26. The van der Waals surface area contributed by atoms with Crippen LogP contribution in [0, 0.1) is 0 Å². The third-order valence-electron chi connectivity index (χ3n) is 9.51. The lowest BCUT2D eigenvalue weighted by molar-refractivity contribution is 1.07. The zero-order chi connectivity index (χ0) is 33.7. The van der Waals surface area contributed by atoms with Gasteiger partial charge in [-0.05, 0) is 40.1 Å². The van der Waals surface area contributed by atoms with Crippen LogP contribution in [0.3, 0.4) is 0 Å². The molecule has 7 aromatic carbocycles. The van der Waals surface area contributed by atoms with Crippen LogP contribution in [-0.2, 0) is 0 Å². The fourth-order valence-corrected chi connectivity index (χ4v) is 8.41. The molecule has 3 heterocycles. The van der Waals surface area contributed by atoms with Crippen LogP contribution in [0.2, 0.25) is 0 Å². The lowest BCUT2D eigenvalue weighted by Crippen LogP contribution is -2.00. The molecule has 0 aliphatic heterocycles. The fraction of sp³-hybridized carbons (Fsp3) is 0. The largest absolute Gasteiger partial charge is 0.247 e. The monoisotopic (exact) mass is 668 g/mol. The van der Waals surface area contributed by atoms with Gasteiger partial charge in [-0.1, -0.05) is 152 Å². The number of fused-ring (bicyclic) bond motifs is 6. The second kappa shape index (κ2) is 12.1. The Balaban J connectivity index is 1.20. The van der Waals surface area contributed by atoms with Crippen LogP contribution < -0.4 is 0 Å². The lowest BCUT2D eigenvalue weighted by Gasteiger charge is -2.14. The predicted molar refractivity (Wildman–Crippen MR) is 213 cm³/mol. The zero-order valence-corrected chi connectivity index (χ0v) is 28.2. The van der Waals surface area contributed by atoms with Gasteiger partial charge >= 0.3 is 0 Å². The number of benzene rings is 7. The van der Waals surface area contributed by atoms with Gasteiger partial charge in [0.2, 0.25) is 0 Å². The van der Waals surface area contributed by atoms with Crippen LogP contribution in [-0.4, -0.2) is 19.9 Å². The molecule has 0 atom stereocenters. The summed E-state index contributed by atoms with van der Waals surface area (Å²) in [7, 11) is 0. The molecule has 0 fully saturated rings. The standard InChI is InChI=1S/C46H28N4S/c1-3-15-30(16-4-1)44-48-45(31-17-5-2-6-18-31)50-46(49-44)33-21-11-20-32(28-33)35-24-13-26-38-40(35)43-41(37-23-9-10-27-39(37)51-43)42(47-38)36-25-12-19-29-14-7-8-22-34(29)36/h1-28H. The number of hydrogen-bond donors (Lipinski definition) is 0. The van der Waals surface area contributed by atoms with E-state index in [1.54, 1.807) is 0 Å². The maximum atomic E-state index is 5.48. The molecule has 0 radical (unpaired) electrons. The van der Waals surface area contributed by atoms with Crippen LogP contribution in [0.4, 0.5) is 0 Å². The molecule has 5 heteroatoms. The third-order valence-corrected chi connectivity index (χ3v) is 10.7. The van der Waals surface area contributed by atoms with Crippen LogP contribution >= 0.6 is 11.3 Å². The zero-order valence-electron chi connectivity index (χ0n) is 27.4. The first-order valence-corrected chi connectivity index (χ1v) is 17.8. The van der Waals surface area contributed by atoms with Crippen molar-refractivity contribution >= 4 is 53.2 Å². The van der Waals surface area contributed by atoms with Crippen molar-refractivity contribution in [3.63, 3.8) is 0 Å². The molecule has 0 saturated carbocycles. The highest BCUT2D eigenvalue weighted by Gasteiger charge is 2.20. The summed E-state index contributed by atoms with van der Waals surface area (Å²) in [5.41, 5.74) is 8.17. The number of rotatable bonds is 5. The normalized spacial score (nSPS) is 11.5. The van der Waals surface area contributed by atoms with E-state index in [-0.39, 0.29) is 0 Å². The Morgan fingerprint density at radius 1 is 0.373 bits per heavy atom. The Morgan fingerprint density at radius 2 is 0.922 bits per heavy atom. The summed E-state index contributed by atoms with van der Waals surface area (Å²) in [6.07, 6.45) is 0. The van der Waals surface area contributed by atoms with Crippen molar-refractivity contribution in [3.8, 4) is 56.5 Å². The summed E-state index contributed by atoms with van der Waals surface area (Å²) >= 11 is 1.84. The summed E-state index contributed by atoms with van der Waals surface area (Å²) in [6.45, 7) is 0. The Kier molecular flexibility index (Phi) is 6.96. The minimum Gasteiger partial charge on any atom is -0.247 e. The molecule has 0 aliphatic carbocycles. The second-order valence-electron chi connectivity index (χ2n) is 12.6. The van der Waals surface area contributed by atoms with Gasteiger partial charge in [0.15, 0.2) is 17.5 Å². The highest BCUT2D eigenvalue weighted by Crippen LogP contribution is 2.46. The van der Waals surface area contributed by atoms with Gasteiger partial charge in [-0.2, -0.15) is 0 Å². The number of nitrogens with zero attached hydrogens (tertiary/aromatic N) is 4. The molecule has 10 rings (SSSR count).